The number of hydrogen-bond acceptors (Lipinski definition) is 3. The van der Waals surface area contributed by atoms with Crippen molar-refractivity contribution in [3.05, 3.63) is 18.6 Å². The first kappa shape index (κ1) is 9.96. The zero-order valence-electron chi connectivity index (χ0n) is 9.36. The lowest BCUT2D eigenvalue weighted by Crippen LogP contribution is -2.24. The van der Waals surface area contributed by atoms with Crippen LogP contribution in [0.25, 0.3) is 11.0 Å². The van der Waals surface area contributed by atoms with Crippen LogP contribution in [-0.2, 0) is 5.54 Å². The fourth-order valence-corrected chi connectivity index (χ4v) is 1.63. The summed E-state index contributed by atoms with van der Waals surface area (Å²) in [6.07, 6.45) is 4.58. The predicted molar refractivity (Wildman–Crippen MR) is 61.6 cm³/mol. The molecule has 0 atom stereocenters. The molecule has 2 rings (SSSR count). The first-order chi connectivity index (χ1) is 7.06. The molecule has 0 aliphatic rings. The van der Waals surface area contributed by atoms with Crippen molar-refractivity contribution in [1.29, 1.82) is 0 Å². The van der Waals surface area contributed by atoms with Crippen molar-refractivity contribution in [2.45, 2.75) is 32.7 Å². The highest BCUT2D eigenvalue weighted by Crippen LogP contribution is 2.26. The van der Waals surface area contributed by atoms with E-state index >= 15 is 0 Å². The van der Waals surface area contributed by atoms with Gasteiger partial charge in [0, 0.05) is 11.7 Å². The van der Waals surface area contributed by atoms with E-state index in [1.165, 1.54) is 6.33 Å². The fourth-order valence-electron chi connectivity index (χ4n) is 1.63. The van der Waals surface area contributed by atoms with Crippen LogP contribution in [0.3, 0.4) is 0 Å². The lowest BCUT2D eigenvalue weighted by molar-refractivity contribution is 0.352. The second-order valence-corrected chi connectivity index (χ2v) is 4.35. The molecule has 0 fully saturated rings. The van der Waals surface area contributed by atoms with Crippen LogP contribution in [0.1, 0.15) is 27.2 Å². The van der Waals surface area contributed by atoms with E-state index in [1.54, 1.807) is 0 Å². The molecule has 15 heavy (non-hydrogen) atoms. The van der Waals surface area contributed by atoms with Gasteiger partial charge in [-0.25, -0.2) is 9.97 Å². The largest absolute Gasteiger partial charge is 0.383 e. The molecule has 0 aromatic carbocycles. The molecule has 0 unspecified atom stereocenters. The summed E-state index contributed by atoms with van der Waals surface area (Å²) in [5, 5.41) is 0.930. The standard InChI is InChI=1S/C11H16N4/c1-4-11(2,3)15-6-5-8-9(12)13-7-14-10(8)15/h5-7H,4H2,1-3H3,(H2,12,13,14). The van der Waals surface area contributed by atoms with Crippen LogP contribution in [0, 0.1) is 0 Å². The van der Waals surface area contributed by atoms with Gasteiger partial charge in [-0.1, -0.05) is 6.92 Å². The van der Waals surface area contributed by atoms with E-state index in [0.717, 1.165) is 17.5 Å². The molecule has 0 saturated carbocycles. The number of nitrogens with zero attached hydrogens (tertiary/aromatic N) is 3. The Labute approximate surface area is 89.1 Å². The van der Waals surface area contributed by atoms with Gasteiger partial charge in [0.05, 0.1) is 5.39 Å². The van der Waals surface area contributed by atoms with Crippen molar-refractivity contribution in [3.63, 3.8) is 0 Å². The van der Waals surface area contributed by atoms with Crippen molar-refractivity contribution < 1.29 is 0 Å². The number of anilines is 1. The Bertz CT molecular complexity index is 484. The van der Waals surface area contributed by atoms with Gasteiger partial charge in [-0.05, 0) is 26.3 Å². The summed E-state index contributed by atoms with van der Waals surface area (Å²) in [7, 11) is 0. The van der Waals surface area contributed by atoms with E-state index in [0.29, 0.717) is 5.82 Å². The molecule has 2 aromatic heterocycles. The molecule has 2 heterocycles. The summed E-state index contributed by atoms with van der Waals surface area (Å²) in [5.41, 5.74) is 6.76. The summed E-state index contributed by atoms with van der Waals surface area (Å²) in [6, 6.07) is 1.97. The molecule has 4 heteroatoms. The van der Waals surface area contributed by atoms with Crippen LogP contribution in [0.2, 0.25) is 0 Å². The zero-order chi connectivity index (χ0) is 11.1. The molecule has 4 nitrogen and oxygen atoms in total. The normalized spacial score (nSPS) is 12.2. The summed E-state index contributed by atoms with van der Waals surface area (Å²) in [6.45, 7) is 6.53. The van der Waals surface area contributed by atoms with Crippen LogP contribution >= 0.6 is 0 Å². The molecule has 0 amide bonds. The maximum Gasteiger partial charge on any atom is 0.145 e. The molecule has 0 spiro atoms. The third kappa shape index (κ3) is 1.46. The van der Waals surface area contributed by atoms with Crippen molar-refractivity contribution in [3.8, 4) is 0 Å². The molecular weight excluding hydrogens is 188 g/mol. The second-order valence-electron chi connectivity index (χ2n) is 4.35. The fraction of sp³-hybridized carbons (Fsp3) is 0.455. The van der Waals surface area contributed by atoms with Crippen LogP contribution in [-0.4, -0.2) is 14.5 Å². The summed E-state index contributed by atoms with van der Waals surface area (Å²) in [4.78, 5) is 8.27. The van der Waals surface area contributed by atoms with E-state index < -0.39 is 0 Å². The topological polar surface area (TPSA) is 56.7 Å². The number of aromatic nitrogens is 3. The van der Waals surface area contributed by atoms with Gasteiger partial charge in [0.1, 0.15) is 17.8 Å². The molecule has 2 aromatic rings. The van der Waals surface area contributed by atoms with E-state index in [1.807, 2.05) is 12.3 Å². The van der Waals surface area contributed by atoms with Crippen molar-refractivity contribution in [2.75, 3.05) is 5.73 Å². The number of fused-ring (bicyclic) bond motifs is 1. The third-order valence-electron chi connectivity index (χ3n) is 3.03. The highest BCUT2D eigenvalue weighted by atomic mass is 15.1. The number of rotatable bonds is 2. The van der Waals surface area contributed by atoms with Gasteiger partial charge in [-0.15, -0.1) is 0 Å². The van der Waals surface area contributed by atoms with E-state index in [9.17, 15) is 0 Å². The van der Waals surface area contributed by atoms with Crippen molar-refractivity contribution in [2.24, 2.45) is 0 Å². The Morgan fingerprint density at radius 1 is 1.40 bits per heavy atom. The summed E-state index contributed by atoms with van der Waals surface area (Å²) >= 11 is 0. The maximum absolute atomic E-state index is 5.79. The quantitative estimate of drug-likeness (QED) is 0.815. The molecule has 0 aliphatic carbocycles. The van der Waals surface area contributed by atoms with Crippen LogP contribution in [0.4, 0.5) is 5.82 Å². The molecule has 2 N–H and O–H groups in total. The van der Waals surface area contributed by atoms with Gasteiger partial charge in [-0.3, -0.25) is 0 Å². The average molecular weight is 204 g/mol. The first-order valence-electron chi connectivity index (χ1n) is 5.14. The Morgan fingerprint density at radius 3 is 2.80 bits per heavy atom. The molecule has 0 saturated heterocycles. The monoisotopic (exact) mass is 204 g/mol. The minimum atomic E-state index is 0.0581. The molecule has 0 aliphatic heterocycles. The minimum Gasteiger partial charge on any atom is -0.383 e. The van der Waals surface area contributed by atoms with Crippen LogP contribution in [0.15, 0.2) is 18.6 Å². The Balaban J connectivity index is 2.69. The SMILES string of the molecule is CCC(C)(C)n1ccc2c(N)ncnc21. The smallest absolute Gasteiger partial charge is 0.145 e. The lowest BCUT2D eigenvalue weighted by Gasteiger charge is -2.25. The van der Waals surface area contributed by atoms with Gasteiger partial charge in [0.2, 0.25) is 0 Å². The van der Waals surface area contributed by atoms with Gasteiger partial charge in [-0.2, -0.15) is 0 Å². The Morgan fingerprint density at radius 2 is 2.13 bits per heavy atom. The highest BCUT2D eigenvalue weighted by molar-refractivity contribution is 5.86. The third-order valence-corrected chi connectivity index (χ3v) is 3.03. The van der Waals surface area contributed by atoms with Gasteiger partial charge in [0.15, 0.2) is 0 Å². The highest BCUT2D eigenvalue weighted by Gasteiger charge is 2.20. The maximum atomic E-state index is 5.79. The number of hydrogen-bond donors (Lipinski definition) is 1. The number of nitrogens with two attached hydrogens (primary N) is 1. The van der Waals surface area contributed by atoms with Gasteiger partial charge < -0.3 is 10.3 Å². The second kappa shape index (κ2) is 3.22. The molecule has 0 radical (unpaired) electrons. The molecular formula is C11H16N4. The molecule has 80 valence electrons. The number of nitrogen functional groups attached to an aromatic ring is 1. The van der Waals surface area contributed by atoms with E-state index in [4.69, 9.17) is 5.73 Å². The predicted octanol–water partition coefficient (Wildman–Crippen LogP) is 2.16. The van der Waals surface area contributed by atoms with Crippen LogP contribution in [0.5, 0.6) is 0 Å². The average Bonchev–Trinajstić information content (AvgIpc) is 2.63. The zero-order valence-corrected chi connectivity index (χ0v) is 9.36. The first-order valence-corrected chi connectivity index (χ1v) is 5.14. The Hall–Kier alpha value is -1.58. The molecule has 0 bridgehead atoms. The van der Waals surface area contributed by atoms with Gasteiger partial charge >= 0.3 is 0 Å². The lowest BCUT2D eigenvalue weighted by atomic mass is 10.0. The Kier molecular flexibility index (Phi) is 2.14. The summed E-state index contributed by atoms with van der Waals surface area (Å²) < 4.78 is 2.15. The summed E-state index contributed by atoms with van der Waals surface area (Å²) in [5.74, 6) is 0.547. The minimum absolute atomic E-state index is 0.0581. The van der Waals surface area contributed by atoms with Gasteiger partial charge in [0.25, 0.3) is 0 Å². The van der Waals surface area contributed by atoms with Crippen LogP contribution < -0.4 is 5.73 Å². The van der Waals surface area contributed by atoms with E-state index in [2.05, 4.69) is 35.3 Å². The van der Waals surface area contributed by atoms with Crippen molar-refractivity contribution in [1.82, 2.24) is 14.5 Å². The van der Waals surface area contributed by atoms with Crippen molar-refractivity contribution >= 4 is 16.9 Å². The van der Waals surface area contributed by atoms with E-state index in [-0.39, 0.29) is 5.54 Å².